The monoisotopic (exact) mass is 364 g/mol. The zero-order chi connectivity index (χ0) is 15.6. The van der Waals surface area contributed by atoms with Gasteiger partial charge in [-0.2, -0.15) is 4.31 Å². The molecular formula is C13H14Cl2N2O2S2. The van der Waals surface area contributed by atoms with Gasteiger partial charge in [-0.1, -0.05) is 30.1 Å². The maximum atomic E-state index is 12.6. The number of nitrogens with two attached hydrogens (primary N) is 1. The van der Waals surface area contributed by atoms with Crippen molar-refractivity contribution in [2.45, 2.75) is 18.4 Å². The van der Waals surface area contributed by atoms with Gasteiger partial charge in [0, 0.05) is 18.0 Å². The third-order valence-electron chi connectivity index (χ3n) is 2.92. The average molecular weight is 365 g/mol. The molecule has 0 aliphatic carbocycles. The van der Waals surface area contributed by atoms with Crippen LogP contribution in [0.4, 0.5) is 5.69 Å². The first-order valence-corrected chi connectivity index (χ1v) is 9.15. The van der Waals surface area contributed by atoms with Crippen molar-refractivity contribution >= 4 is 50.2 Å². The Kier molecular flexibility index (Phi) is 5.16. The highest BCUT2D eigenvalue weighted by atomic mass is 35.5. The number of nitrogens with zero attached hydrogens (tertiary/aromatic N) is 1. The van der Waals surface area contributed by atoms with Crippen molar-refractivity contribution < 1.29 is 8.42 Å². The molecular weight excluding hydrogens is 351 g/mol. The highest BCUT2D eigenvalue weighted by molar-refractivity contribution is 7.89. The van der Waals surface area contributed by atoms with Crippen molar-refractivity contribution in [3.05, 3.63) is 44.6 Å². The van der Waals surface area contributed by atoms with Crippen LogP contribution in [-0.2, 0) is 16.6 Å². The zero-order valence-corrected chi connectivity index (χ0v) is 14.4. The SMILES string of the molecule is CCN(Cc1ccc(Cl)s1)S(=O)(=O)c1ccc(Cl)c(N)c1. The van der Waals surface area contributed by atoms with E-state index in [4.69, 9.17) is 28.9 Å². The lowest BCUT2D eigenvalue weighted by Gasteiger charge is -2.20. The Morgan fingerprint density at radius 3 is 2.48 bits per heavy atom. The molecule has 0 aliphatic heterocycles. The van der Waals surface area contributed by atoms with Gasteiger partial charge in [0.2, 0.25) is 10.0 Å². The van der Waals surface area contributed by atoms with Crippen LogP contribution in [0.2, 0.25) is 9.36 Å². The molecule has 21 heavy (non-hydrogen) atoms. The number of nitrogen functional groups attached to an aromatic ring is 1. The van der Waals surface area contributed by atoms with Crippen LogP contribution >= 0.6 is 34.5 Å². The van der Waals surface area contributed by atoms with Crippen molar-refractivity contribution in [1.82, 2.24) is 4.31 Å². The van der Waals surface area contributed by atoms with Crippen molar-refractivity contribution in [1.29, 1.82) is 0 Å². The minimum Gasteiger partial charge on any atom is -0.397 e. The number of anilines is 1. The van der Waals surface area contributed by atoms with Crippen LogP contribution in [0, 0.1) is 0 Å². The summed E-state index contributed by atoms with van der Waals surface area (Å²) in [6, 6.07) is 7.89. The van der Waals surface area contributed by atoms with Crippen molar-refractivity contribution in [3.63, 3.8) is 0 Å². The molecule has 0 bridgehead atoms. The molecule has 0 atom stereocenters. The van der Waals surface area contributed by atoms with Crippen LogP contribution < -0.4 is 5.73 Å². The Morgan fingerprint density at radius 1 is 1.24 bits per heavy atom. The van der Waals surface area contributed by atoms with Gasteiger partial charge in [-0.15, -0.1) is 11.3 Å². The van der Waals surface area contributed by atoms with E-state index >= 15 is 0 Å². The van der Waals surface area contributed by atoms with Gasteiger partial charge >= 0.3 is 0 Å². The number of halogens is 2. The number of thiophene rings is 1. The van der Waals surface area contributed by atoms with E-state index in [0.29, 0.717) is 15.9 Å². The smallest absolute Gasteiger partial charge is 0.243 e. The van der Waals surface area contributed by atoms with Crippen molar-refractivity contribution in [2.24, 2.45) is 0 Å². The maximum absolute atomic E-state index is 12.6. The molecule has 0 fully saturated rings. The second kappa shape index (κ2) is 6.54. The molecule has 0 saturated carbocycles. The molecule has 0 radical (unpaired) electrons. The van der Waals surface area contributed by atoms with Gasteiger partial charge in [-0.25, -0.2) is 8.42 Å². The Labute approximate surface area is 138 Å². The Bertz CT molecular complexity index is 744. The molecule has 8 heteroatoms. The van der Waals surface area contributed by atoms with E-state index in [1.165, 1.54) is 33.8 Å². The molecule has 1 aromatic carbocycles. The minimum atomic E-state index is -3.62. The minimum absolute atomic E-state index is 0.133. The van der Waals surface area contributed by atoms with E-state index in [1.807, 2.05) is 6.07 Å². The van der Waals surface area contributed by atoms with Crippen LogP contribution in [0.15, 0.2) is 35.2 Å². The number of benzene rings is 1. The van der Waals surface area contributed by atoms with Gasteiger partial charge in [0.15, 0.2) is 0 Å². The Balaban J connectivity index is 2.32. The molecule has 2 aromatic rings. The average Bonchev–Trinajstić information content (AvgIpc) is 2.84. The molecule has 4 nitrogen and oxygen atoms in total. The summed E-state index contributed by atoms with van der Waals surface area (Å²) in [5.41, 5.74) is 5.93. The molecule has 2 rings (SSSR count). The fraction of sp³-hybridized carbons (Fsp3) is 0.231. The van der Waals surface area contributed by atoms with Crippen LogP contribution in [-0.4, -0.2) is 19.3 Å². The predicted octanol–water partition coefficient (Wildman–Crippen LogP) is 3.85. The molecule has 0 unspecified atom stereocenters. The molecule has 0 saturated heterocycles. The third-order valence-corrected chi connectivity index (χ3v) is 6.40. The number of sulfonamides is 1. The fourth-order valence-corrected chi connectivity index (χ4v) is 4.57. The molecule has 0 aliphatic rings. The largest absolute Gasteiger partial charge is 0.397 e. The predicted molar refractivity (Wildman–Crippen MR) is 88.5 cm³/mol. The van der Waals surface area contributed by atoms with Crippen LogP contribution in [0.3, 0.4) is 0 Å². The first-order valence-electron chi connectivity index (χ1n) is 6.14. The Hall–Kier alpha value is -0.790. The van der Waals surface area contributed by atoms with Gasteiger partial charge in [0.25, 0.3) is 0 Å². The number of hydrogen-bond donors (Lipinski definition) is 1. The molecule has 0 amide bonds. The van der Waals surface area contributed by atoms with Gasteiger partial charge < -0.3 is 5.73 Å². The Morgan fingerprint density at radius 2 is 1.95 bits per heavy atom. The van der Waals surface area contributed by atoms with E-state index < -0.39 is 10.0 Å². The second-order valence-corrected chi connectivity index (χ2v) is 8.47. The summed E-state index contributed by atoms with van der Waals surface area (Å²) in [4.78, 5) is 1.02. The van der Waals surface area contributed by atoms with E-state index in [1.54, 1.807) is 13.0 Å². The first-order chi connectivity index (χ1) is 9.84. The lowest BCUT2D eigenvalue weighted by molar-refractivity contribution is 0.426. The van der Waals surface area contributed by atoms with Gasteiger partial charge in [0.1, 0.15) is 0 Å². The summed E-state index contributed by atoms with van der Waals surface area (Å²) in [6.45, 7) is 2.41. The fourth-order valence-electron chi connectivity index (χ4n) is 1.81. The summed E-state index contributed by atoms with van der Waals surface area (Å²) < 4.78 is 27.3. The molecule has 114 valence electrons. The van der Waals surface area contributed by atoms with E-state index in [0.717, 1.165) is 4.88 Å². The van der Waals surface area contributed by atoms with Crippen LogP contribution in [0.1, 0.15) is 11.8 Å². The van der Waals surface area contributed by atoms with Crippen LogP contribution in [0.25, 0.3) is 0 Å². The quantitative estimate of drug-likeness (QED) is 0.819. The highest BCUT2D eigenvalue weighted by Gasteiger charge is 2.24. The summed E-state index contributed by atoms with van der Waals surface area (Å²) in [5.74, 6) is 0. The number of hydrogen-bond acceptors (Lipinski definition) is 4. The van der Waals surface area contributed by atoms with Crippen molar-refractivity contribution in [2.75, 3.05) is 12.3 Å². The summed E-state index contributed by atoms with van der Waals surface area (Å²) in [6.07, 6.45) is 0. The standard InChI is InChI=1S/C13H14Cl2N2O2S2/c1-2-17(8-9-3-6-13(15)20-9)21(18,19)10-4-5-11(14)12(16)7-10/h3-7H,2,8,16H2,1H3. The molecule has 1 heterocycles. The lowest BCUT2D eigenvalue weighted by Crippen LogP contribution is -2.30. The summed E-state index contributed by atoms with van der Waals surface area (Å²) >= 11 is 13.1. The molecule has 0 spiro atoms. The van der Waals surface area contributed by atoms with Gasteiger partial charge in [0.05, 0.1) is 19.9 Å². The van der Waals surface area contributed by atoms with E-state index in [9.17, 15) is 8.42 Å². The summed E-state index contributed by atoms with van der Waals surface area (Å²) in [7, 11) is -3.62. The molecule has 2 N–H and O–H groups in total. The first kappa shape index (κ1) is 16.6. The van der Waals surface area contributed by atoms with Crippen molar-refractivity contribution in [3.8, 4) is 0 Å². The highest BCUT2D eigenvalue weighted by Crippen LogP contribution is 2.27. The van der Waals surface area contributed by atoms with Gasteiger partial charge in [-0.05, 0) is 30.3 Å². The van der Waals surface area contributed by atoms with E-state index in [-0.39, 0.29) is 17.1 Å². The second-order valence-electron chi connectivity index (χ2n) is 4.32. The summed E-state index contributed by atoms with van der Waals surface area (Å²) in [5, 5.41) is 0.335. The lowest BCUT2D eigenvalue weighted by atomic mass is 10.3. The molecule has 1 aromatic heterocycles. The zero-order valence-electron chi connectivity index (χ0n) is 11.2. The van der Waals surface area contributed by atoms with Gasteiger partial charge in [-0.3, -0.25) is 0 Å². The van der Waals surface area contributed by atoms with Crippen LogP contribution in [0.5, 0.6) is 0 Å². The topological polar surface area (TPSA) is 63.4 Å². The van der Waals surface area contributed by atoms with E-state index in [2.05, 4.69) is 0 Å². The third kappa shape index (κ3) is 3.70. The maximum Gasteiger partial charge on any atom is 0.243 e. The number of rotatable bonds is 5. The normalized spacial score (nSPS) is 12.0.